The maximum atomic E-state index is 8.78. The van der Waals surface area contributed by atoms with Gasteiger partial charge in [-0.1, -0.05) is 5.21 Å². The number of aryl methyl sites for hydroxylation is 1. The molecular weight excluding hydrogens is 232 g/mol. The third-order valence-electron chi connectivity index (χ3n) is 2.56. The van der Waals surface area contributed by atoms with Crippen LogP contribution in [0, 0.1) is 0 Å². The second-order valence-electron chi connectivity index (χ2n) is 4.03. The molecule has 0 amide bonds. The van der Waals surface area contributed by atoms with Crippen LogP contribution in [0.15, 0.2) is 24.8 Å². The van der Waals surface area contributed by atoms with Gasteiger partial charge < -0.3 is 10.4 Å². The van der Waals surface area contributed by atoms with Gasteiger partial charge in [-0.15, -0.1) is 5.10 Å². The summed E-state index contributed by atoms with van der Waals surface area (Å²) >= 11 is 0. The zero-order valence-electron chi connectivity index (χ0n) is 10.2. The molecule has 0 aliphatic carbocycles. The van der Waals surface area contributed by atoms with Crippen LogP contribution in [0.4, 0.5) is 0 Å². The van der Waals surface area contributed by atoms with Crippen LogP contribution in [0.25, 0.3) is 0 Å². The van der Waals surface area contributed by atoms with Gasteiger partial charge in [-0.3, -0.25) is 9.36 Å². The first-order chi connectivity index (χ1) is 8.88. The van der Waals surface area contributed by atoms with Gasteiger partial charge in [0.2, 0.25) is 0 Å². The lowest BCUT2D eigenvalue weighted by molar-refractivity contribution is 0.269. The summed E-state index contributed by atoms with van der Waals surface area (Å²) in [6.07, 6.45) is 8.32. The molecule has 0 aromatic carbocycles. The number of hydrogen-bond acceptors (Lipinski definition) is 5. The summed E-state index contributed by atoms with van der Waals surface area (Å²) in [5.41, 5.74) is 1.13. The van der Waals surface area contributed by atoms with Crippen LogP contribution in [0.2, 0.25) is 0 Å². The fourth-order valence-electron chi connectivity index (χ4n) is 1.67. The van der Waals surface area contributed by atoms with Crippen molar-refractivity contribution in [2.24, 2.45) is 0 Å². The molecule has 0 aliphatic rings. The molecule has 0 fully saturated rings. The van der Waals surface area contributed by atoms with Crippen LogP contribution < -0.4 is 5.32 Å². The molecule has 98 valence electrons. The molecule has 2 aromatic rings. The van der Waals surface area contributed by atoms with E-state index in [2.05, 4.69) is 20.7 Å². The molecule has 0 aliphatic heterocycles. The SMILES string of the molecule is OCCn1cc(CNCCCn2ccnn2)cn1. The number of aromatic nitrogens is 5. The first-order valence-corrected chi connectivity index (χ1v) is 6.05. The van der Waals surface area contributed by atoms with Crippen molar-refractivity contribution in [1.29, 1.82) is 0 Å². The molecule has 7 heteroatoms. The quantitative estimate of drug-likeness (QED) is 0.626. The highest BCUT2D eigenvalue weighted by molar-refractivity contribution is 5.03. The molecule has 2 rings (SSSR count). The fraction of sp³-hybridized carbons (Fsp3) is 0.545. The normalized spacial score (nSPS) is 10.9. The number of aliphatic hydroxyl groups is 1. The van der Waals surface area contributed by atoms with E-state index in [1.807, 2.05) is 23.3 Å². The molecule has 18 heavy (non-hydrogen) atoms. The highest BCUT2D eigenvalue weighted by atomic mass is 16.3. The molecule has 0 spiro atoms. The Morgan fingerprint density at radius 2 is 2.22 bits per heavy atom. The van der Waals surface area contributed by atoms with Gasteiger partial charge >= 0.3 is 0 Å². The molecular formula is C11H18N6O. The average Bonchev–Trinajstić information content (AvgIpc) is 3.01. The lowest BCUT2D eigenvalue weighted by Gasteiger charge is -2.02. The first-order valence-electron chi connectivity index (χ1n) is 6.05. The van der Waals surface area contributed by atoms with Crippen LogP contribution >= 0.6 is 0 Å². The lowest BCUT2D eigenvalue weighted by atomic mass is 10.3. The van der Waals surface area contributed by atoms with Crippen LogP contribution in [0.5, 0.6) is 0 Å². The second-order valence-corrected chi connectivity index (χ2v) is 4.03. The van der Waals surface area contributed by atoms with E-state index in [0.29, 0.717) is 6.54 Å². The summed E-state index contributed by atoms with van der Waals surface area (Å²) in [7, 11) is 0. The summed E-state index contributed by atoms with van der Waals surface area (Å²) in [6.45, 7) is 3.25. The van der Waals surface area contributed by atoms with Crippen LogP contribution in [0.1, 0.15) is 12.0 Å². The van der Waals surface area contributed by atoms with E-state index in [4.69, 9.17) is 5.11 Å². The molecule has 0 radical (unpaired) electrons. The monoisotopic (exact) mass is 250 g/mol. The molecule has 2 N–H and O–H groups in total. The van der Waals surface area contributed by atoms with Crippen molar-refractivity contribution in [2.75, 3.05) is 13.2 Å². The minimum Gasteiger partial charge on any atom is -0.394 e. The van der Waals surface area contributed by atoms with E-state index in [1.165, 1.54) is 0 Å². The van der Waals surface area contributed by atoms with E-state index >= 15 is 0 Å². The predicted octanol–water partition coefficient (Wildman–Crippen LogP) is -0.353. The van der Waals surface area contributed by atoms with Gasteiger partial charge in [0.05, 0.1) is 25.5 Å². The highest BCUT2D eigenvalue weighted by Gasteiger charge is 1.98. The highest BCUT2D eigenvalue weighted by Crippen LogP contribution is 1.97. The maximum absolute atomic E-state index is 8.78. The van der Waals surface area contributed by atoms with E-state index in [-0.39, 0.29) is 6.61 Å². The second kappa shape index (κ2) is 6.87. The largest absolute Gasteiger partial charge is 0.394 e. The Hall–Kier alpha value is -1.73. The van der Waals surface area contributed by atoms with Gasteiger partial charge in [0.1, 0.15) is 0 Å². The number of hydrogen-bond donors (Lipinski definition) is 2. The Labute approximate surface area is 105 Å². The van der Waals surface area contributed by atoms with Gasteiger partial charge in [-0.2, -0.15) is 5.10 Å². The summed E-state index contributed by atoms with van der Waals surface area (Å²) in [6, 6.07) is 0. The van der Waals surface area contributed by atoms with Crippen molar-refractivity contribution in [3.63, 3.8) is 0 Å². The van der Waals surface area contributed by atoms with E-state index in [0.717, 1.165) is 31.6 Å². The molecule has 7 nitrogen and oxygen atoms in total. The molecule has 0 saturated carbocycles. The van der Waals surface area contributed by atoms with Crippen molar-refractivity contribution in [2.45, 2.75) is 26.1 Å². The van der Waals surface area contributed by atoms with Crippen LogP contribution in [-0.4, -0.2) is 43.0 Å². The van der Waals surface area contributed by atoms with Gasteiger partial charge in [0.15, 0.2) is 0 Å². The maximum Gasteiger partial charge on any atom is 0.0692 e. The lowest BCUT2D eigenvalue weighted by Crippen LogP contribution is -2.16. The van der Waals surface area contributed by atoms with Crippen molar-refractivity contribution in [3.8, 4) is 0 Å². The minimum atomic E-state index is 0.118. The zero-order chi connectivity index (χ0) is 12.6. The predicted molar refractivity (Wildman–Crippen MR) is 65.7 cm³/mol. The first kappa shape index (κ1) is 12.7. The Balaban J connectivity index is 1.59. The Kier molecular flexibility index (Phi) is 4.86. The van der Waals surface area contributed by atoms with Gasteiger partial charge in [-0.25, -0.2) is 0 Å². The molecule has 0 unspecified atom stereocenters. The Bertz CT molecular complexity index is 438. The molecule has 2 heterocycles. The fourth-order valence-corrected chi connectivity index (χ4v) is 1.67. The molecule has 0 bridgehead atoms. The third kappa shape index (κ3) is 3.94. The van der Waals surface area contributed by atoms with Crippen molar-refractivity contribution in [3.05, 3.63) is 30.4 Å². The summed E-state index contributed by atoms with van der Waals surface area (Å²) in [5, 5.41) is 23.9. The molecule has 0 saturated heterocycles. The number of aliphatic hydroxyl groups excluding tert-OH is 1. The number of nitrogens with one attached hydrogen (secondary N) is 1. The Morgan fingerprint density at radius 3 is 3.00 bits per heavy atom. The number of nitrogens with zero attached hydrogens (tertiary/aromatic N) is 5. The summed E-state index contributed by atoms with van der Waals surface area (Å²) in [4.78, 5) is 0. The summed E-state index contributed by atoms with van der Waals surface area (Å²) in [5.74, 6) is 0. The zero-order valence-corrected chi connectivity index (χ0v) is 10.2. The topological polar surface area (TPSA) is 80.8 Å². The van der Waals surface area contributed by atoms with Crippen molar-refractivity contribution < 1.29 is 5.11 Å². The van der Waals surface area contributed by atoms with E-state index in [9.17, 15) is 0 Å². The van der Waals surface area contributed by atoms with Crippen molar-refractivity contribution in [1.82, 2.24) is 30.1 Å². The van der Waals surface area contributed by atoms with Crippen molar-refractivity contribution >= 4 is 0 Å². The minimum absolute atomic E-state index is 0.118. The Morgan fingerprint density at radius 1 is 1.28 bits per heavy atom. The standard InChI is InChI=1S/C11H18N6O/c18-7-6-17-10-11(9-14-17)8-12-2-1-4-16-5-3-13-15-16/h3,5,9-10,12,18H,1-2,4,6-8H2. The molecule has 2 aromatic heterocycles. The van der Waals surface area contributed by atoms with E-state index < -0.39 is 0 Å². The van der Waals surface area contributed by atoms with Crippen LogP contribution in [-0.2, 0) is 19.6 Å². The van der Waals surface area contributed by atoms with Gasteiger partial charge in [0, 0.05) is 31.0 Å². The smallest absolute Gasteiger partial charge is 0.0692 e. The average molecular weight is 250 g/mol. The number of rotatable bonds is 8. The third-order valence-corrected chi connectivity index (χ3v) is 2.56. The van der Waals surface area contributed by atoms with Gasteiger partial charge in [-0.05, 0) is 13.0 Å². The molecule has 0 atom stereocenters. The van der Waals surface area contributed by atoms with E-state index in [1.54, 1.807) is 10.9 Å². The van der Waals surface area contributed by atoms with Crippen LogP contribution in [0.3, 0.4) is 0 Å². The summed E-state index contributed by atoms with van der Waals surface area (Å²) < 4.78 is 3.56. The van der Waals surface area contributed by atoms with Gasteiger partial charge in [0.25, 0.3) is 0 Å².